The van der Waals surface area contributed by atoms with Crippen LogP contribution in [0.1, 0.15) is 30.3 Å². The molecule has 18 heavy (non-hydrogen) atoms. The Hall–Kier alpha value is -1.49. The fraction of sp³-hybridized carbons (Fsp3) is 0.615. The highest BCUT2D eigenvalue weighted by atomic mass is 16.5. The maximum absolute atomic E-state index is 11.9. The number of rotatable bonds is 4. The Balaban J connectivity index is 1.94. The van der Waals surface area contributed by atoms with Crippen LogP contribution in [0.4, 0.5) is 0 Å². The maximum Gasteiger partial charge on any atom is 0.224 e. The van der Waals surface area contributed by atoms with Crippen molar-refractivity contribution >= 4 is 5.91 Å². The molecule has 0 bridgehead atoms. The molecule has 1 aromatic heterocycles. The van der Waals surface area contributed by atoms with E-state index in [0.717, 1.165) is 31.0 Å². The molecule has 0 radical (unpaired) electrons. The molecule has 1 aromatic rings. The smallest absolute Gasteiger partial charge is 0.224 e. The van der Waals surface area contributed by atoms with Crippen molar-refractivity contribution in [2.45, 2.75) is 25.7 Å². The third-order valence-electron chi connectivity index (χ3n) is 3.28. The minimum absolute atomic E-state index is 0.171. The number of nitrogens with zero attached hydrogens (tertiary/aromatic N) is 3. The van der Waals surface area contributed by atoms with Gasteiger partial charge < -0.3 is 9.64 Å². The summed E-state index contributed by atoms with van der Waals surface area (Å²) in [6.07, 6.45) is 3.23. The number of carbonyl (C=O) groups excluding carboxylic acids is 1. The number of carbonyl (C=O) groups is 1. The van der Waals surface area contributed by atoms with Crippen molar-refractivity contribution < 1.29 is 9.53 Å². The van der Waals surface area contributed by atoms with Crippen molar-refractivity contribution in [1.82, 2.24) is 14.9 Å². The van der Waals surface area contributed by atoms with Gasteiger partial charge in [0, 0.05) is 38.0 Å². The summed E-state index contributed by atoms with van der Waals surface area (Å²) in [4.78, 5) is 22.3. The Kier molecular flexibility index (Phi) is 4.25. The summed E-state index contributed by atoms with van der Waals surface area (Å²) in [5.74, 6) is 1.31. The van der Waals surface area contributed by atoms with Crippen molar-refractivity contribution in [2.24, 2.45) is 0 Å². The standard InChI is InChI=1S/C13H19N3O2/c1-10-14-6-3-12(15-10)11-4-7-16(9-11)13(17)5-8-18-2/h3,6,11H,4-5,7-9H2,1-2H3/t11-/m0/s1. The molecule has 98 valence electrons. The van der Waals surface area contributed by atoms with E-state index in [4.69, 9.17) is 4.74 Å². The molecule has 5 nitrogen and oxygen atoms in total. The van der Waals surface area contributed by atoms with Gasteiger partial charge in [-0.25, -0.2) is 9.97 Å². The predicted octanol–water partition coefficient (Wildman–Crippen LogP) is 1.14. The average Bonchev–Trinajstić information content (AvgIpc) is 2.85. The fourth-order valence-electron chi connectivity index (χ4n) is 2.28. The lowest BCUT2D eigenvalue weighted by molar-refractivity contribution is -0.131. The largest absolute Gasteiger partial charge is 0.384 e. The van der Waals surface area contributed by atoms with E-state index in [-0.39, 0.29) is 5.91 Å². The van der Waals surface area contributed by atoms with Gasteiger partial charge in [-0.2, -0.15) is 0 Å². The lowest BCUT2D eigenvalue weighted by Crippen LogP contribution is -2.29. The molecule has 0 saturated carbocycles. The van der Waals surface area contributed by atoms with Gasteiger partial charge in [0.2, 0.25) is 5.91 Å². The Labute approximate surface area is 107 Å². The topological polar surface area (TPSA) is 55.3 Å². The molecule has 1 saturated heterocycles. The number of hydrogen-bond acceptors (Lipinski definition) is 4. The number of aromatic nitrogens is 2. The molecular weight excluding hydrogens is 230 g/mol. The van der Waals surface area contributed by atoms with E-state index in [1.807, 2.05) is 17.9 Å². The van der Waals surface area contributed by atoms with E-state index in [2.05, 4.69) is 9.97 Å². The Bertz CT molecular complexity index is 422. The molecule has 1 amide bonds. The van der Waals surface area contributed by atoms with Crippen LogP contribution in [0.15, 0.2) is 12.3 Å². The van der Waals surface area contributed by atoms with Crippen LogP contribution in [0, 0.1) is 6.92 Å². The van der Waals surface area contributed by atoms with Crippen LogP contribution in [-0.2, 0) is 9.53 Å². The SMILES string of the molecule is COCCC(=O)N1CC[C@H](c2ccnc(C)n2)C1. The van der Waals surface area contributed by atoms with Crippen LogP contribution in [0.2, 0.25) is 0 Å². The molecule has 1 aliphatic rings. The molecule has 1 fully saturated rings. The van der Waals surface area contributed by atoms with Crippen LogP contribution >= 0.6 is 0 Å². The highest BCUT2D eigenvalue weighted by Crippen LogP contribution is 2.25. The number of likely N-dealkylation sites (tertiary alicyclic amines) is 1. The van der Waals surface area contributed by atoms with E-state index < -0.39 is 0 Å². The third-order valence-corrected chi connectivity index (χ3v) is 3.28. The van der Waals surface area contributed by atoms with Gasteiger partial charge in [0.15, 0.2) is 0 Å². The second kappa shape index (κ2) is 5.91. The first-order chi connectivity index (χ1) is 8.70. The molecule has 1 aliphatic heterocycles. The second-order valence-electron chi connectivity index (χ2n) is 4.60. The van der Waals surface area contributed by atoms with Gasteiger partial charge in [-0.3, -0.25) is 4.79 Å². The van der Waals surface area contributed by atoms with Crippen LogP contribution in [0.5, 0.6) is 0 Å². The van der Waals surface area contributed by atoms with Crippen molar-refractivity contribution in [3.8, 4) is 0 Å². The van der Waals surface area contributed by atoms with Crippen molar-refractivity contribution in [3.05, 3.63) is 23.8 Å². The quantitative estimate of drug-likeness (QED) is 0.803. The number of hydrogen-bond donors (Lipinski definition) is 0. The van der Waals surface area contributed by atoms with Crippen LogP contribution in [-0.4, -0.2) is 47.6 Å². The summed E-state index contributed by atoms with van der Waals surface area (Å²) in [5.41, 5.74) is 1.05. The molecule has 1 atom stereocenters. The first-order valence-corrected chi connectivity index (χ1v) is 6.27. The maximum atomic E-state index is 11.9. The van der Waals surface area contributed by atoms with Crippen LogP contribution in [0.25, 0.3) is 0 Å². The Morgan fingerprint density at radius 1 is 1.61 bits per heavy atom. The lowest BCUT2D eigenvalue weighted by atomic mass is 10.1. The number of aryl methyl sites for hydroxylation is 1. The van der Waals surface area contributed by atoms with E-state index in [9.17, 15) is 4.79 Å². The van der Waals surface area contributed by atoms with Crippen LogP contribution < -0.4 is 0 Å². The van der Waals surface area contributed by atoms with Crippen molar-refractivity contribution in [3.63, 3.8) is 0 Å². The zero-order valence-electron chi connectivity index (χ0n) is 10.9. The van der Waals surface area contributed by atoms with E-state index in [1.165, 1.54) is 0 Å². The third kappa shape index (κ3) is 3.04. The summed E-state index contributed by atoms with van der Waals surface area (Å²) < 4.78 is 4.93. The van der Waals surface area contributed by atoms with Gasteiger partial charge in [0.25, 0.3) is 0 Å². The Morgan fingerprint density at radius 2 is 2.44 bits per heavy atom. The van der Waals surface area contributed by atoms with Crippen molar-refractivity contribution in [2.75, 3.05) is 26.8 Å². The molecule has 0 spiro atoms. The zero-order valence-corrected chi connectivity index (χ0v) is 10.9. The van der Waals surface area contributed by atoms with Crippen molar-refractivity contribution in [1.29, 1.82) is 0 Å². The minimum atomic E-state index is 0.171. The number of amides is 1. The van der Waals surface area contributed by atoms with Gasteiger partial charge in [-0.15, -0.1) is 0 Å². The first-order valence-electron chi connectivity index (χ1n) is 6.27. The summed E-state index contributed by atoms with van der Waals surface area (Å²) in [7, 11) is 1.61. The molecule has 0 N–H and O–H groups in total. The molecule has 0 unspecified atom stereocenters. The van der Waals surface area contributed by atoms with E-state index in [1.54, 1.807) is 13.3 Å². The lowest BCUT2D eigenvalue weighted by Gasteiger charge is -2.16. The molecule has 0 aromatic carbocycles. The van der Waals surface area contributed by atoms with E-state index in [0.29, 0.717) is 18.9 Å². The van der Waals surface area contributed by atoms with Gasteiger partial charge in [-0.1, -0.05) is 0 Å². The second-order valence-corrected chi connectivity index (χ2v) is 4.60. The van der Waals surface area contributed by atoms with E-state index >= 15 is 0 Å². The highest BCUT2D eigenvalue weighted by Gasteiger charge is 2.27. The molecule has 2 heterocycles. The van der Waals surface area contributed by atoms with Gasteiger partial charge in [-0.05, 0) is 19.4 Å². The molecular formula is C13H19N3O2. The summed E-state index contributed by atoms with van der Waals surface area (Å²) >= 11 is 0. The summed E-state index contributed by atoms with van der Waals surface area (Å²) in [5, 5.41) is 0. The van der Waals surface area contributed by atoms with Gasteiger partial charge >= 0.3 is 0 Å². The zero-order chi connectivity index (χ0) is 13.0. The molecule has 2 rings (SSSR count). The molecule has 5 heteroatoms. The molecule has 0 aliphatic carbocycles. The fourth-order valence-corrected chi connectivity index (χ4v) is 2.28. The normalized spacial score (nSPS) is 19.2. The number of ether oxygens (including phenoxy) is 1. The highest BCUT2D eigenvalue weighted by molar-refractivity contribution is 5.76. The Morgan fingerprint density at radius 3 is 3.17 bits per heavy atom. The first kappa shape index (κ1) is 13.0. The van der Waals surface area contributed by atoms with Gasteiger partial charge in [0.05, 0.1) is 13.0 Å². The van der Waals surface area contributed by atoms with Crippen LogP contribution in [0.3, 0.4) is 0 Å². The predicted molar refractivity (Wildman–Crippen MR) is 67.2 cm³/mol. The minimum Gasteiger partial charge on any atom is -0.384 e. The van der Waals surface area contributed by atoms with Gasteiger partial charge in [0.1, 0.15) is 5.82 Å². The summed E-state index contributed by atoms with van der Waals surface area (Å²) in [6.45, 7) is 3.96. The number of methoxy groups -OCH3 is 1. The average molecular weight is 249 g/mol. The monoisotopic (exact) mass is 249 g/mol. The summed E-state index contributed by atoms with van der Waals surface area (Å²) in [6, 6.07) is 1.95.